The van der Waals surface area contributed by atoms with E-state index in [0.29, 0.717) is 35.7 Å². The minimum atomic E-state index is -0.340. The molecule has 0 radical (unpaired) electrons. The third-order valence-corrected chi connectivity index (χ3v) is 5.72. The summed E-state index contributed by atoms with van der Waals surface area (Å²) in [5, 5.41) is 7.61. The number of carbonyl (C=O) groups excluding carboxylic acids is 2. The van der Waals surface area contributed by atoms with Crippen LogP contribution in [0.4, 0.5) is 4.39 Å². The molecule has 7 nitrogen and oxygen atoms in total. The van der Waals surface area contributed by atoms with E-state index in [0.717, 1.165) is 5.57 Å². The Morgan fingerprint density at radius 1 is 1.42 bits per heavy atom. The molecule has 0 bridgehead atoms. The number of amides is 2. The Labute approximate surface area is 223 Å². The van der Waals surface area contributed by atoms with Gasteiger partial charge in [-0.05, 0) is 37.5 Å². The summed E-state index contributed by atoms with van der Waals surface area (Å²) in [6.45, 7) is 11.8. The van der Waals surface area contributed by atoms with E-state index in [1.54, 1.807) is 29.9 Å². The lowest BCUT2D eigenvalue weighted by atomic mass is 10.0. The fourth-order valence-electron chi connectivity index (χ4n) is 3.49. The van der Waals surface area contributed by atoms with Crippen LogP contribution in [0.5, 0.6) is 0 Å². The molecule has 1 unspecified atom stereocenters. The molecule has 1 heterocycles. The number of aromatic nitrogens is 2. The predicted molar refractivity (Wildman–Crippen MR) is 147 cm³/mol. The first-order chi connectivity index (χ1) is 17.2. The third-order valence-electron chi connectivity index (χ3n) is 5.17. The average molecular weight is 541 g/mol. The first-order valence-electron chi connectivity index (χ1n) is 11.9. The van der Waals surface area contributed by atoms with E-state index in [9.17, 15) is 14.0 Å². The van der Waals surface area contributed by atoms with Gasteiger partial charge in [-0.1, -0.05) is 49.8 Å². The van der Waals surface area contributed by atoms with Gasteiger partial charge in [0.25, 0.3) is 5.91 Å². The van der Waals surface area contributed by atoms with Gasteiger partial charge in [-0.3, -0.25) is 19.3 Å². The van der Waals surface area contributed by atoms with Crippen LogP contribution in [0.15, 0.2) is 52.3 Å². The highest BCUT2D eigenvalue weighted by molar-refractivity contribution is 6.39. The van der Waals surface area contributed by atoms with Crippen LogP contribution in [0.3, 0.4) is 0 Å². The molecule has 0 fully saturated rings. The standard InChI is InChI=1S/C24H30Cl2FN5O2.C2H6/c1-5-31(15-29-17(3)33)24(34)22-12-23(16(2)9-19(26)14-28-4)32(30-22)21-8-6-7-20(27)10-18(11-21)13-25;1-2/h7,9,11-12,14,21H,2,5-6,8,10,13,15H2,1,3-4H3,(H,29,33);1-2H3/b18-11+,19-9+,20-7+,28-14?;. The van der Waals surface area contributed by atoms with Crippen LogP contribution >= 0.6 is 23.2 Å². The fourth-order valence-corrected chi connectivity index (χ4v) is 3.90. The van der Waals surface area contributed by atoms with Crippen molar-refractivity contribution >= 4 is 46.8 Å². The Balaban J connectivity index is 0.00000316. The fraction of sp³-hybridized carbons (Fsp3) is 0.462. The highest BCUT2D eigenvalue weighted by atomic mass is 35.5. The van der Waals surface area contributed by atoms with Gasteiger partial charge in [-0.25, -0.2) is 4.39 Å². The highest BCUT2D eigenvalue weighted by Crippen LogP contribution is 2.30. The Bertz CT molecular complexity index is 1040. The van der Waals surface area contributed by atoms with Crippen LogP contribution in [-0.4, -0.2) is 58.9 Å². The normalized spacial score (nSPS) is 19.1. The molecule has 0 aromatic carbocycles. The number of allylic oxidation sites excluding steroid dienone is 7. The number of aliphatic imine (C=N–C) groups is 1. The second kappa shape index (κ2) is 16.1. The molecule has 10 heteroatoms. The molecule has 1 aliphatic rings. The van der Waals surface area contributed by atoms with Gasteiger partial charge in [0.15, 0.2) is 5.69 Å². The van der Waals surface area contributed by atoms with Crippen molar-refractivity contribution in [2.24, 2.45) is 4.99 Å². The SMILES string of the molecule is C=C(/C=C(/Cl)C=NC)c1cc(C(=O)N(CC)CNC(C)=O)nn1C1/C=C(/CCl)C/C(F)=C\CC1.CC. The van der Waals surface area contributed by atoms with Gasteiger partial charge in [0.2, 0.25) is 5.91 Å². The number of hydrogen-bond acceptors (Lipinski definition) is 4. The highest BCUT2D eigenvalue weighted by Gasteiger charge is 2.24. The second-order valence-electron chi connectivity index (χ2n) is 7.78. The van der Waals surface area contributed by atoms with Crippen LogP contribution < -0.4 is 5.32 Å². The van der Waals surface area contributed by atoms with E-state index in [-0.39, 0.29) is 48.3 Å². The number of hydrogen-bond donors (Lipinski definition) is 1. The Morgan fingerprint density at radius 3 is 2.69 bits per heavy atom. The first kappa shape index (κ1) is 31.3. The molecule has 0 saturated carbocycles. The van der Waals surface area contributed by atoms with Crippen LogP contribution in [0.25, 0.3) is 5.57 Å². The maximum atomic E-state index is 14.0. The van der Waals surface area contributed by atoms with Crippen LogP contribution in [0.2, 0.25) is 0 Å². The van der Waals surface area contributed by atoms with Crippen molar-refractivity contribution in [2.75, 3.05) is 26.1 Å². The predicted octanol–water partition coefficient (Wildman–Crippen LogP) is 6.05. The molecule has 1 aromatic heterocycles. The smallest absolute Gasteiger partial charge is 0.275 e. The number of nitrogens with one attached hydrogen (secondary N) is 1. The van der Waals surface area contributed by atoms with Gasteiger partial charge in [-0.2, -0.15) is 5.10 Å². The summed E-state index contributed by atoms with van der Waals surface area (Å²) in [6, 6.07) is 1.37. The number of halogens is 3. The summed E-state index contributed by atoms with van der Waals surface area (Å²) in [5.41, 5.74) is 2.04. The Hall–Kier alpha value is -2.71. The van der Waals surface area contributed by atoms with E-state index < -0.39 is 0 Å². The number of alkyl halides is 1. The summed E-state index contributed by atoms with van der Waals surface area (Å²) in [5.74, 6) is -0.610. The van der Waals surface area contributed by atoms with E-state index in [1.807, 2.05) is 26.8 Å². The van der Waals surface area contributed by atoms with E-state index in [2.05, 4.69) is 22.0 Å². The topological polar surface area (TPSA) is 79.6 Å². The largest absolute Gasteiger partial charge is 0.339 e. The first-order valence-corrected chi connectivity index (χ1v) is 12.8. The second-order valence-corrected chi connectivity index (χ2v) is 8.49. The number of rotatable bonds is 9. The molecule has 1 aliphatic carbocycles. The van der Waals surface area contributed by atoms with Crippen molar-refractivity contribution in [1.82, 2.24) is 20.0 Å². The molecule has 1 N–H and O–H groups in total. The van der Waals surface area contributed by atoms with E-state index >= 15 is 0 Å². The molecule has 0 saturated heterocycles. The van der Waals surface area contributed by atoms with Gasteiger partial charge in [0.1, 0.15) is 5.83 Å². The monoisotopic (exact) mass is 539 g/mol. The van der Waals surface area contributed by atoms with E-state index in [1.165, 1.54) is 18.0 Å². The summed E-state index contributed by atoms with van der Waals surface area (Å²) >= 11 is 12.3. The van der Waals surface area contributed by atoms with Gasteiger partial charge in [0.05, 0.1) is 23.4 Å². The third kappa shape index (κ3) is 9.39. The lowest BCUT2D eigenvalue weighted by molar-refractivity contribution is -0.119. The molecule has 0 spiro atoms. The minimum absolute atomic E-state index is 0.0658. The molecule has 2 amide bonds. The molecule has 198 valence electrons. The summed E-state index contributed by atoms with van der Waals surface area (Å²) in [4.78, 5) is 29.9. The van der Waals surface area contributed by atoms with Crippen molar-refractivity contribution in [3.05, 3.63) is 58.7 Å². The van der Waals surface area contributed by atoms with Gasteiger partial charge in [-0.15, -0.1) is 11.6 Å². The van der Waals surface area contributed by atoms with Crippen LogP contribution in [0, 0.1) is 0 Å². The van der Waals surface area contributed by atoms with E-state index in [4.69, 9.17) is 23.2 Å². The lowest BCUT2D eigenvalue weighted by Gasteiger charge is -2.21. The minimum Gasteiger partial charge on any atom is -0.339 e. The molecule has 2 rings (SSSR count). The zero-order valence-corrected chi connectivity index (χ0v) is 23.2. The van der Waals surface area contributed by atoms with Crippen molar-refractivity contribution < 1.29 is 14.0 Å². The molecular formula is C26H36Cl2FN5O2. The lowest BCUT2D eigenvalue weighted by Crippen LogP contribution is -2.40. The van der Waals surface area contributed by atoms with Gasteiger partial charge in [0, 0.05) is 39.0 Å². The zero-order valence-electron chi connectivity index (χ0n) is 21.7. The summed E-state index contributed by atoms with van der Waals surface area (Å²) in [7, 11) is 1.61. The van der Waals surface area contributed by atoms with Crippen molar-refractivity contribution in [3.63, 3.8) is 0 Å². The molecular weight excluding hydrogens is 504 g/mol. The Kier molecular flexibility index (Phi) is 14.0. The summed E-state index contributed by atoms with van der Waals surface area (Å²) < 4.78 is 15.7. The van der Waals surface area contributed by atoms with Crippen molar-refractivity contribution in [2.45, 2.75) is 53.0 Å². The van der Waals surface area contributed by atoms with Crippen LogP contribution in [-0.2, 0) is 4.79 Å². The average Bonchev–Trinajstić information content (AvgIpc) is 3.28. The van der Waals surface area contributed by atoms with Crippen LogP contribution in [0.1, 0.15) is 69.2 Å². The van der Waals surface area contributed by atoms with Gasteiger partial charge < -0.3 is 10.2 Å². The van der Waals surface area contributed by atoms with Crippen molar-refractivity contribution in [1.29, 1.82) is 0 Å². The maximum absolute atomic E-state index is 14.0. The maximum Gasteiger partial charge on any atom is 0.275 e. The zero-order chi connectivity index (χ0) is 27.3. The molecule has 36 heavy (non-hydrogen) atoms. The summed E-state index contributed by atoms with van der Waals surface area (Å²) in [6.07, 6.45) is 7.77. The number of nitrogens with zero attached hydrogens (tertiary/aromatic N) is 4. The Morgan fingerprint density at radius 2 is 2.11 bits per heavy atom. The molecule has 1 atom stereocenters. The number of carbonyl (C=O) groups is 2. The van der Waals surface area contributed by atoms with Gasteiger partial charge >= 0.3 is 0 Å². The molecule has 1 aromatic rings. The molecule has 0 aliphatic heterocycles. The quantitative estimate of drug-likeness (QED) is 0.136. The van der Waals surface area contributed by atoms with Crippen molar-refractivity contribution in [3.8, 4) is 0 Å².